The molecule has 0 atom stereocenters. The van der Waals surface area contributed by atoms with Crippen molar-refractivity contribution in [1.82, 2.24) is 19.1 Å². The van der Waals surface area contributed by atoms with Gasteiger partial charge in [0.25, 0.3) is 0 Å². The number of aryl methyl sites for hydroxylation is 1. The van der Waals surface area contributed by atoms with Gasteiger partial charge in [-0.3, -0.25) is 14.1 Å². The number of hydrogen-bond acceptors (Lipinski definition) is 4. The summed E-state index contributed by atoms with van der Waals surface area (Å²) in [5.74, 6) is 0.0880. The first-order valence-electron chi connectivity index (χ1n) is 9.44. The van der Waals surface area contributed by atoms with Crippen molar-refractivity contribution in [2.24, 2.45) is 0 Å². The molecule has 1 amide bonds. The average molecular weight is 400 g/mol. The van der Waals surface area contributed by atoms with E-state index in [9.17, 15) is 9.59 Å². The number of benzene rings is 1. The Labute approximate surface area is 167 Å². The summed E-state index contributed by atoms with van der Waals surface area (Å²) in [7, 11) is 0. The summed E-state index contributed by atoms with van der Waals surface area (Å²) in [5, 5.41) is 4.98. The zero-order valence-corrected chi connectivity index (χ0v) is 16.3. The first-order chi connectivity index (χ1) is 13.6. The predicted molar refractivity (Wildman–Crippen MR) is 109 cm³/mol. The number of carbonyl (C=O) groups excluding carboxylic acids is 1. The molecule has 0 saturated carbocycles. The van der Waals surface area contributed by atoms with Gasteiger partial charge in [0.05, 0.1) is 6.54 Å². The number of halogens is 1. The van der Waals surface area contributed by atoms with Crippen LogP contribution < -0.4 is 10.6 Å². The summed E-state index contributed by atoms with van der Waals surface area (Å²) in [6, 6.07) is 12.9. The van der Waals surface area contributed by atoms with Gasteiger partial charge in [-0.05, 0) is 49.7 Å². The lowest BCUT2D eigenvalue weighted by molar-refractivity contribution is -0.121. The predicted octanol–water partition coefficient (Wildman–Crippen LogP) is 2.28. The molecule has 3 aromatic rings. The third-order valence-corrected chi connectivity index (χ3v) is 5.24. The van der Waals surface area contributed by atoms with Gasteiger partial charge >= 0.3 is 5.69 Å². The fourth-order valence-electron chi connectivity index (χ4n) is 3.54. The van der Waals surface area contributed by atoms with E-state index in [1.807, 2.05) is 36.4 Å². The number of amides is 1. The van der Waals surface area contributed by atoms with Crippen LogP contribution in [0.2, 0.25) is 5.02 Å². The van der Waals surface area contributed by atoms with Crippen LogP contribution >= 0.6 is 11.6 Å². The summed E-state index contributed by atoms with van der Waals surface area (Å²) in [5.41, 5.74) is 1.40. The van der Waals surface area contributed by atoms with Crippen LogP contribution in [0.15, 0.2) is 53.5 Å². The summed E-state index contributed by atoms with van der Waals surface area (Å²) in [6.45, 7) is 3.30. The molecule has 0 unspecified atom stereocenters. The summed E-state index contributed by atoms with van der Waals surface area (Å²) >= 11 is 6.03. The van der Waals surface area contributed by atoms with Crippen LogP contribution in [0.4, 0.5) is 5.69 Å². The zero-order valence-electron chi connectivity index (χ0n) is 15.5. The van der Waals surface area contributed by atoms with Crippen molar-refractivity contribution in [2.75, 3.05) is 31.1 Å². The van der Waals surface area contributed by atoms with Crippen molar-refractivity contribution < 1.29 is 4.79 Å². The number of fused-ring (bicyclic) bond motifs is 1. The molecule has 0 radical (unpaired) electrons. The Kier molecular flexibility index (Phi) is 5.45. The fraction of sp³-hybridized carbons (Fsp3) is 0.350. The molecule has 0 N–H and O–H groups in total. The van der Waals surface area contributed by atoms with E-state index in [-0.39, 0.29) is 11.6 Å². The van der Waals surface area contributed by atoms with Gasteiger partial charge in [0.15, 0.2) is 5.65 Å². The number of unbranched alkanes of at least 4 members (excludes halogenated alkanes) is 1. The minimum atomic E-state index is -0.110. The molecule has 0 bridgehead atoms. The third kappa shape index (κ3) is 3.95. The second kappa shape index (κ2) is 8.16. The molecular formula is C20H22ClN5O2. The number of nitrogens with zero attached hydrogens (tertiary/aromatic N) is 5. The fourth-order valence-corrected chi connectivity index (χ4v) is 3.73. The van der Waals surface area contributed by atoms with Gasteiger partial charge in [0.2, 0.25) is 5.91 Å². The van der Waals surface area contributed by atoms with E-state index >= 15 is 0 Å². The largest absolute Gasteiger partial charge is 0.350 e. The van der Waals surface area contributed by atoms with Crippen molar-refractivity contribution in [1.29, 1.82) is 0 Å². The van der Waals surface area contributed by atoms with Crippen LogP contribution in [-0.4, -0.2) is 51.2 Å². The van der Waals surface area contributed by atoms with E-state index in [1.54, 1.807) is 21.6 Å². The smallest absolute Gasteiger partial charge is 0.310 e. The summed E-state index contributed by atoms with van der Waals surface area (Å²) in [4.78, 5) is 28.7. The standard InChI is InChI=1S/C20H22ClN5O2/c21-16-6-5-7-17(14-16)24-13-12-23(15-19(24)27)9-3-4-11-26-20(28)25-10-2-1-8-18(25)22-26/h1-2,5-8,10,14H,3-4,9,11-13,15H2. The summed E-state index contributed by atoms with van der Waals surface area (Å²) in [6.07, 6.45) is 3.48. The highest BCUT2D eigenvalue weighted by Crippen LogP contribution is 2.21. The Morgan fingerprint density at radius 3 is 2.64 bits per heavy atom. The van der Waals surface area contributed by atoms with E-state index in [2.05, 4.69) is 10.00 Å². The van der Waals surface area contributed by atoms with Gasteiger partial charge in [-0.2, -0.15) is 0 Å². The Balaban J connectivity index is 1.26. The van der Waals surface area contributed by atoms with Gasteiger partial charge in [0, 0.05) is 36.5 Å². The number of pyridine rings is 1. The maximum absolute atomic E-state index is 12.5. The zero-order chi connectivity index (χ0) is 19.5. The highest BCUT2D eigenvalue weighted by Gasteiger charge is 2.24. The number of anilines is 1. The van der Waals surface area contributed by atoms with Crippen LogP contribution in [0.25, 0.3) is 5.65 Å². The molecule has 2 aromatic heterocycles. The SMILES string of the molecule is O=C1CN(CCCCn2nc3ccccn3c2=O)CCN1c1cccc(Cl)c1. The van der Waals surface area contributed by atoms with Crippen molar-refractivity contribution in [3.05, 3.63) is 64.2 Å². The number of piperazine rings is 1. The van der Waals surface area contributed by atoms with Crippen molar-refractivity contribution in [3.63, 3.8) is 0 Å². The van der Waals surface area contributed by atoms with E-state index in [4.69, 9.17) is 11.6 Å². The molecule has 1 fully saturated rings. The first-order valence-corrected chi connectivity index (χ1v) is 9.82. The Morgan fingerprint density at radius 2 is 1.86 bits per heavy atom. The first kappa shape index (κ1) is 18.7. The molecule has 1 saturated heterocycles. The molecule has 146 valence electrons. The Bertz CT molecular complexity index is 1040. The summed E-state index contributed by atoms with van der Waals surface area (Å²) < 4.78 is 3.06. The van der Waals surface area contributed by atoms with Crippen molar-refractivity contribution in [3.8, 4) is 0 Å². The van der Waals surface area contributed by atoms with Gasteiger partial charge in [-0.15, -0.1) is 5.10 Å². The maximum Gasteiger partial charge on any atom is 0.350 e. The normalized spacial score (nSPS) is 15.5. The highest BCUT2D eigenvalue weighted by molar-refractivity contribution is 6.30. The second-order valence-corrected chi connectivity index (χ2v) is 7.38. The quantitative estimate of drug-likeness (QED) is 0.596. The number of hydrogen-bond donors (Lipinski definition) is 0. The molecule has 0 spiro atoms. The van der Waals surface area contributed by atoms with Gasteiger partial charge < -0.3 is 4.90 Å². The Hall–Kier alpha value is -2.64. The molecule has 1 aromatic carbocycles. The molecule has 1 aliphatic rings. The lowest BCUT2D eigenvalue weighted by Gasteiger charge is -2.34. The van der Waals surface area contributed by atoms with Gasteiger partial charge in [-0.25, -0.2) is 9.48 Å². The lowest BCUT2D eigenvalue weighted by atomic mass is 10.2. The number of carbonyl (C=O) groups is 1. The number of rotatable bonds is 6. The molecule has 0 aliphatic carbocycles. The monoisotopic (exact) mass is 399 g/mol. The van der Waals surface area contributed by atoms with Gasteiger partial charge in [0.1, 0.15) is 0 Å². The van der Waals surface area contributed by atoms with E-state index in [1.165, 1.54) is 4.68 Å². The molecule has 3 heterocycles. The average Bonchev–Trinajstić information content (AvgIpc) is 3.01. The molecule has 4 rings (SSSR count). The molecule has 7 nitrogen and oxygen atoms in total. The van der Waals surface area contributed by atoms with Crippen molar-refractivity contribution in [2.45, 2.75) is 19.4 Å². The minimum Gasteiger partial charge on any atom is -0.310 e. The number of aromatic nitrogens is 3. The molecule has 28 heavy (non-hydrogen) atoms. The van der Waals surface area contributed by atoms with E-state index < -0.39 is 0 Å². The van der Waals surface area contributed by atoms with E-state index in [0.717, 1.165) is 31.6 Å². The second-order valence-electron chi connectivity index (χ2n) is 6.94. The van der Waals surface area contributed by atoms with Crippen LogP contribution in [0.5, 0.6) is 0 Å². The van der Waals surface area contributed by atoms with Gasteiger partial charge in [-0.1, -0.05) is 23.7 Å². The molecule has 8 heteroatoms. The topological polar surface area (TPSA) is 62.9 Å². The third-order valence-electron chi connectivity index (χ3n) is 5.00. The van der Waals surface area contributed by atoms with Crippen LogP contribution in [0, 0.1) is 0 Å². The van der Waals surface area contributed by atoms with Crippen molar-refractivity contribution >= 4 is 28.8 Å². The Morgan fingerprint density at radius 1 is 1.00 bits per heavy atom. The highest BCUT2D eigenvalue weighted by atomic mass is 35.5. The maximum atomic E-state index is 12.5. The molecule has 1 aliphatic heterocycles. The van der Waals surface area contributed by atoms with E-state index in [0.29, 0.717) is 30.3 Å². The van der Waals surface area contributed by atoms with Crippen LogP contribution in [0.1, 0.15) is 12.8 Å². The lowest BCUT2D eigenvalue weighted by Crippen LogP contribution is -2.50. The molecular weight excluding hydrogens is 378 g/mol. The van der Waals surface area contributed by atoms with Crippen LogP contribution in [0.3, 0.4) is 0 Å². The minimum absolute atomic E-state index is 0.0880. The van der Waals surface area contributed by atoms with Crippen LogP contribution in [-0.2, 0) is 11.3 Å².